The minimum atomic E-state index is -0.695. The number of halogens is 1. The van der Waals surface area contributed by atoms with Gasteiger partial charge in [-0.1, -0.05) is 11.6 Å². The van der Waals surface area contributed by atoms with E-state index in [1.165, 1.54) is 10.7 Å². The van der Waals surface area contributed by atoms with Crippen molar-refractivity contribution < 1.29 is 14.3 Å². The first-order valence-corrected chi connectivity index (χ1v) is 6.62. The van der Waals surface area contributed by atoms with Gasteiger partial charge < -0.3 is 20.5 Å². The van der Waals surface area contributed by atoms with E-state index in [9.17, 15) is 4.79 Å². The number of hydrogen-bond donors (Lipinski definition) is 2. The molecule has 0 spiro atoms. The van der Waals surface area contributed by atoms with Crippen LogP contribution in [0.5, 0.6) is 0 Å². The third-order valence-corrected chi connectivity index (χ3v) is 2.97. The number of fused-ring (bicyclic) bond motifs is 1. The van der Waals surface area contributed by atoms with Gasteiger partial charge in [0.25, 0.3) is 0 Å². The van der Waals surface area contributed by atoms with Crippen LogP contribution >= 0.6 is 11.6 Å². The Bertz CT molecular complexity index is 645. The van der Waals surface area contributed by atoms with E-state index in [0.717, 1.165) is 0 Å². The zero-order chi connectivity index (χ0) is 15.4. The lowest BCUT2D eigenvalue weighted by Crippen LogP contribution is -2.22. The topological polar surface area (TPSA) is 104 Å². The highest BCUT2D eigenvalue weighted by Crippen LogP contribution is 2.26. The lowest BCUT2D eigenvalue weighted by molar-refractivity contribution is 0.0230. The van der Waals surface area contributed by atoms with Gasteiger partial charge in [0.05, 0.1) is 36.9 Å². The molecule has 3 N–H and O–H groups in total. The summed E-state index contributed by atoms with van der Waals surface area (Å²) in [5, 5.41) is 6.95. The van der Waals surface area contributed by atoms with Gasteiger partial charge in [0.15, 0.2) is 10.8 Å². The van der Waals surface area contributed by atoms with Crippen molar-refractivity contribution in [3.05, 3.63) is 23.1 Å². The van der Waals surface area contributed by atoms with Crippen LogP contribution in [0.25, 0.3) is 5.65 Å². The molecule has 0 aliphatic heterocycles. The van der Waals surface area contributed by atoms with E-state index in [4.69, 9.17) is 26.8 Å². The molecule has 0 bridgehead atoms. The number of primary amides is 1. The highest BCUT2D eigenvalue weighted by atomic mass is 35.5. The number of rotatable bonds is 6. The molecule has 2 amide bonds. The Morgan fingerprint density at radius 2 is 2.33 bits per heavy atom. The summed E-state index contributed by atoms with van der Waals surface area (Å²) in [6.07, 6.45) is 1.12. The lowest BCUT2D eigenvalue weighted by Gasteiger charge is -2.18. The summed E-state index contributed by atoms with van der Waals surface area (Å²) in [6, 6.07) is 0.917. The molecule has 1 atom stereocenters. The summed E-state index contributed by atoms with van der Waals surface area (Å²) in [5.41, 5.74) is 6.73. The molecule has 21 heavy (non-hydrogen) atoms. The van der Waals surface area contributed by atoms with Crippen molar-refractivity contribution >= 4 is 29.0 Å². The second-order valence-electron chi connectivity index (χ2n) is 4.29. The van der Waals surface area contributed by atoms with Crippen LogP contribution in [0, 0.1) is 0 Å². The normalized spacial score (nSPS) is 12.5. The van der Waals surface area contributed by atoms with Gasteiger partial charge in [-0.15, -0.1) is 0 Å². The van der Waals surface area contributed by atoms with Gasteiger partial charge in [-0.25, -0.2) is 14.3 Å². The van der Waals surface area contributed by atoms with E-state index in [1.807, 2.05) is 6.92 Å². The van der Waals surface area contributed by atoms with E-state index < -0.39 is 6.03 Å². The standard InChI is InChI=1S/C12H16ClN5O3/c1-7(21-4-3-20-2)11-8(16-12(14)19)6-15-10-5-9(13)17-18(10)11/h5-7H,3-4H2,1-2H3,(H3,14,16,19). The molecule has 0 fully saturated rings. The second kappa shape index (κ2) is 6.70. The maximum atomic E-state index is 11.1. The summed E-state index contributed by atoms with van der Waals surface area (Å²) >= 11 is 5.90. The first-order valence-electron chi connectivity index (χ1n) is 6.24. The minimum absolute atomic E-state index is 0.295. The molecule has 0 aromatic carbocycles. The van der Waals surface area contributed by atoms with Crippen molar-refractivity contribution in [2.24, 2.45) is 5.73 Å². The molecule has 0 aliphatic carbocycles. The Balaban J connectivity index is 2.41. The van der Waals surface area contributed by atoms with Gasteiger partial charge in [-0.3, -0.25) is 0 Å². The SMILES string of the molecule is COCCOC(C)c1c(NC(N)=O)cnc2cc(Cl)nn12. The van der Waals surface area contributed by atoms with Crippen molar-refractivity contribution in [2.45, 2.75) is 13.0 Å². The zero-order valence-corrected chi connectivity index (χ0v) is 12.4. The van der Waals surface area contributed by atoms with Gasteiger partial charge in [-0.05, 0) is 6.92 Å². The fraction of sp³-hybridized carbons (Fsp3) is 0.417. The van der Waals surface area contributed by atoms with E-state index in [-0.39, 0.29) is 6.10 Å². The van der Waals surface area contributed by atoms with E-state index in [2.05, 4.69) is 15.4 Å². The molecule has 0 aliphatic rings. The molecule has 0 saturated carbocycles. The first-order chi connectivity index (χ1) is 10.0. The van der Waals surface area contributed by atoms with Crippen molar-refractivity contribution in [2.75, 3.05) is 25.6 Å². The monoisotopic (exact) mass is 313 g/mol. The number of amides is 2. The van der Waals surface area contributed by atoms with Gasteiger partial charge in [0, 0.05) is 13.2 Å². The van der Waals surface area contributed by atoms with Crippen molar-refractivity contribution in [3.63, 3.8) is 0 Å². The molecule has 0 saturated heterocycles. The van der Waals surface area contributed by atoms with Gasteiger partial charge in [0.1, 0.15) is 0 Å². The Morgan fingerprint density at radius 1 is 1.57 bits per heavy atom. The number of urea groups is 1. The number of nitrogens with zero attached hydrogens (tertiary/aromatic N) is 3. The number of carbonyl (C=O) groups is 1. The molecule has 2 heterocycles. The number of nitrogens with two attached hydrogens (primary N) is 1. The Hall–Kier alpha value is -1.90. The number of hydrogen-bond acceptors (Lipinski definition) is 5. The van der Waals surface area contributed by atoms with Crippen LogP contribution in [0.1, 0.15) is 18.7 Å². The van der Waals surface area contributed by atoms with Crippen molar-refractivity contribution in [3.8, 4) is 0 Å². The number of carbonyl (C=O) groups excluding carboxylic acids is 1. The predicted octanol–water partition coefficient (Wildman–Crippen LogP) is 1.60. The minimum Gasteiger partial charge on any atom is -0.382 e. The van der Waals surface area contributed by atoms with Crippen LogP contribution in [0.3, 0.4) is 0 Å². The van der Waals surface area contributed by atoms with Gasteiger partial charge in [0.2, 0.25) is 0 Å². The molecule has 8 nitrogen and oxygen atoms in total. The van der Waals surface area contributed by atoms with E-state index in [1.54, 1.807) is 13.2 Å². The molecule has 2 rings (SSSR count). The number of nitrogens with one attached hydrogen (secondary N) is 1. The van der Waals surface area contributed by atoms with E-state index >= 15 is 0 Å². The average molecular weight is 314 g/mol. The number of methoxy groups -OCH3 is 1. The van der Waals surface area contributed by atoms with Gasteiger partial charge in [-0.2, -0.15) is 5.10 Å². The summed E-state index contributed by atoms with van der Waals surface area (Å²) in [6.45, 7) is 2.68. The first kappa shape index (κ1) is 15.5. The third kappa shape index (κ3) is 3.60. The van der Waals surface area contributed by atoms with Crippen LogP contribution in [0.2, 0.25) is 5.15 Å². The highest BCUT2D eigenvalue weighted by molar-refractivity contribution is 6.29. The van der Waals surface area contributed by atoms with Crippen molar-refractivity contribution in [1.29, 1.82) is 0 Å². The fourth-order valence-electron chi connectivity index (χ4n) is 1.93. The summed E-state index contributed by atoms with van der Waals surface area (Å²) in [7, 11) is 1.59. The maximum Gasteiger partial charge on any atom is 0.316 e. The lowest BCUT2D eigenvalue weighted by atomic mass is 10.2. The average Bonchev–Trinajstić information content (AvgIpc) is 2.78. The second-order valence-corrected chi connectivity index (χ2v) is 4.68. The van der Waals surface area contributed by atoms with Crippen LogP contribution in [0.15, 0.2) is 12.3 Å². The Morgan fingerprint density at radius 3 is 3.00 bits per heavy atom. The predicted molar refractivity (Wildman–Crippen MR) is 77.4 cm³/mol. The highest BCUT2D eigenvalue weighted by Gasteiger charge is 2.19. The molecule has 0 radical (unpaired) electrons. The van der Waals surface area contributed by atoms with Crippen LogP contribution in [0.4, 0.5) is 10.5 Å². The van der Waals surface area contributed by atoms with Gasteiger partial charge >= 0.3 is 6.03 Å². The molecule has 9 heteroatoms. The molecule has 114 valence electrons. The van der Waals surface area contributed by atoms with Crippen LogP contribution in [-0.4, -0.2) is 41.0 Å². The molecule has 2 aromatic rings. The summed E-state index contributed by atoms with van der Waals surface area (Å²) in [5.74, 6) is 0. The smallest absolute Gasteiger partial charge is 0.316 e. The molecule has 2 aromatic heterocycles. The molecular weight excluding hydrogens is 298 g/mol. The Labute approximate surface area is 126 Å². The quantitative estimate of drug-likeness (QED) is 0.788. The van der Waals surface area contributed by atoms with E-state index in [0.29, 0.717) is 35.4 Å². The molecular formula is C12H16ClN5O3. The van der Waals surface area contributed by atoms with Crippen LogP contribution in [-0.2, 0) is 9.47 Å². The fourth-order valence-corrected chi connectivity index (χ4v) is 2.10. The third-order valence-electron chi connectivity index (χ3n) is 2.79. The summed E-state index contributed by atoms with van der Waals surface area (Å²) < 4.78 is 12.1. The number of aromatic nitrogens is 3. The number of anilines is 1. The zero-order valence-electron chi connectivity index (χ0n) is 11.7. The molecule has 1 unspecified atom stereocenters. The Kier molecular flexibility index (Phi) is 4.94. The summed E-state index contributed by atoms with van der Waals surface area (Å²) in [4.78, 5) is 15.3. The van der Waals surface area contributed by atoms with Crippen LogP contribution < -0.4 is 11.1 Å². The number of ether oxygens (including phenoxy) is 2. The van der Waals surface area contributed by atoms with Crippen molar-refractivity contribution in [1.82, 2.24) is 14.6 Å². The maximum absolute atomic E-state index is 11.1. The largest absolute Gasteiger partial charge is 0.382 e.